The highest BCUT2D eigenvalue weighted by atomic mass is 16.3. The molecule has 1 aromatic heterocycles. The summed E-state index contributed by atoms with van der Waals surface area (Å²) in [6.07, 6.45) is 7.87. The van der Waals surface area contributed by atoms with Crippen LogP contribution in [0.2, 0.25) is 0 Å². The third-order valence-electron chi connectivity index (χ3n) is 7.49. The molecule has 2 unspecified atom stereocenters. The molecule has 4 aliphatic rings. The zero-order chi connectivity index (χ0) is 20.9. The first-order valence-electron chi connectivity index (χ1n) is 11.1. The molecule has 30 heavy (non-hydrogen) atoms. The number of carbonyl (C=O) groups is 1. The molecule has 0 saturated heterocycles. The molecule has 5 heteroatoms. The van der Waals surface area contributed by atoms with Gasteiger partial charge in [0, 0.05) is 18.3 Å². The summed E-state index contributed by atoms with van der Waals surface area (Å²) in [5.74, 6) is 0.684. The molecule has 1 aromatic carbocycles. The zero-order valence-electron chi connectivity index (χ0n) is 17.6. The molecule has 0 radical (unpaired) electrons. The van der Waals surface area contributed by atoms with Gasteiger partial charge < -0.3 is 15.0 Å². The number of aliphatic hydroxyl groups is 1. The smallest absolute Gasteiger partial charge is 0.263 e. The van der Waals surface area contributed by atoms with Crippen LogP contribution in [0, 0.1) is 18.8 Å². The fourth-order valence-electron chi connectivity index (χ4n) is 6.68. The SMILES string of the molecule is Cc1ccn(CCc2ccccc2)c(=O)c1C(=O)NC12CC3CC(CC(O)(C3)C1)C2. The fraction of sp³-hybridized carbons (Fsp3) is 0.520. The van der Waals surface area contributed by atoms with E-state index in [2.05, 4.69) is 5.32 Å². The second kappa shape index (κ2) is 7.09. The lowest BCUT2D eigenvalue weighted by atomic mass is 9.51. The van der Waals surface area contributed by atoms with Crippen LogP contribution in [0.15, 0.2) is 47.4 Å². The van der Waals surface area contributed by atoms with Crippen molar-refractivity contribution >= 4 is 5.91 Å². The number of pyridine rings is 1. The highest BCUT2D eigenvalue weighted by molar-refractivity contribution is 5.95. The van der Waals surface area contributed by atoms with Crippen LogP contribution in [0.5, 0.6) is 0 Å². The lowest BCUT2D eigenvalue weighted by molar-refractivity contribution is -0.139. The Hall–Kier alpha value is -2.40. The van der Waals surface area contributed by atoms with E-state index in [4.69, 9.17) is 0 Å². The van der Waals surface area contributed by atoms with Crippen LogP contribution >= 0.6 is 0 Å². The van der Waals surface area contributed by atoms with Crippen molar-refractivity contribution < 1.29 is 9.90 Å². The van der Waals surface area contributed by atoms with Crippen molar-refractivity contribution in [3.63, 3.8) is 0 Å². The number of hydrogen-bond donors (Lipinski definition) is 2. The molecule has 4 saturated carbocycles. The number of aryl methyl sites for hydroxylation is 3. The lowest BCUT2D eigenvalue weighted by Crippen LogP contribution is -2.65. The van der Waals surface area contributed by atoms with E-state index in [0.717, 1.165) is 44.1 Å². The molecule has 4 bridgehead atoms. The predicted octanol–water partition coefficient (Wildman–Crippen LogP) is 3.21. The zero-order valence-corrected chi connectivity index (χ0v) is 17.6. The largest absolute Gasteiger partial charge is 0.390 e. The molecule has 2 aromatic rings. The van der Waals surface area contributed by atoms with E-state index in [1.807, 2.05) is 43.3 Å². The second-order valence-electron chi connectivity index (χ2n) is 10.0. The van der Waals surface area contributed by atoms with Crippen molar-refractivity contribution in [1.82, 2.24) is 9.88 Å². The summed E-state index contributed by atoms with van der Waals surface area (Å²) >= 11 is 0. The number of benzene rings is 1. The molecule has 4 fully saturated rings. The molecule has 2 N–H and O–H groups in total. The van der Waals surface area contributed by atoms with Gasteiger partial charge in [-0.15, -0.1) is 0 Å². The number of rotatable bonds is 5. The van der Waals surface area contributed by atoms with Crippen molar-refractivity contribution in [2.75, 3.05) is 0 Å². The van der Waals surface area contributed by atoms with Crippen molar-refractivity contribution in [2.24, 2.45) is 11.8 Å². The first kappa shape index (κ1) is 19.6. The summed E-state index contributed by atoms with van der Waals surface area (Å²) in [6, 6.07) is 11.9. The van der Waals surface area contributed by atoms with Gasteiger partial charge in [-0.2, -0.15) is 0 Å². The van der Waals surface area contributed by atoms with Gasteiger partial charge in [-0.05, 0) is 80.9 Å². The number of aromatic nitrogens is 1. The van der Waals surface area contributed by atoms with Gasteiger partial charge in [0.05, 0.1) is 5.60 Å². The number of carbonyl (C=O) groups excluding carboxylic acids is 1. The van der Waals surface area contributed by atoms with Gasteiger partial charge in [0.2, 0.25) is 0 Å². The highest BCUT2D eigenvalue weighted by Crippen LogP contribution is 2.57. The summed E-state index contributed by atoms with van der Waals surface area (Å²) in [5.41, 5.74) is 0.883. The van der Waals surface area contributed by atoms with Gasteiger partial charge in [-0.25, -0.2) is 0 Å². The van der Waals surface area contributed by atoms with Gasteiger partial charge in [-0.1, -0.05) is 30.3 Å². The number of amides is 1. The third kappa shape index (κ3) is 3.49. The summed E-state index contributed by atoms with van der Waals surface area (Å²) in [6.45, 7) is 2.36. The van der Waals surface area contributed by atoms with Crippen LogP contribution in [0.4, 0.5) is 0 Å². The van der Waals surface area contributed by atoms with Gasteiger partial charge in [0.15, 0.2) is 0 Å². The van der Waals surface area contributed by atoms with E-state index in [1.54, 1.807) is 10.8 Å². The minimum absolute atomic E-state index is 0.230. The molecular weight excluding hydrogens is 376 g/mol. The minimum atomic E-state index is -0.640. The van der Waals surface area contributed by atoms with Crippen molar-refractivity contribution in [1.29, 1.82) is 0 Å². The van der Waals surface area contributed by atoms with Gasteiger partial charge in [0.1, 0.15) is 5.56 Å². The van der Waals surface area contributed by atoms with Crippen LogP contribution < -0.4 is 10.9 Å². The summed E-state index contributed by atoms with van der Waals surface area (Å²) in [4.78, 5) is 26.4. The molecule has 6 rings (SSSR count). The Kier molecular flexibility index (Phi) is 4.62. The first-order chi connectivity index (χ1) is 14.3. The van der Waals surface area contributed by atoms with Crippen LogP contribution in [0.3, 0.4) is 0 Å². The van der Waals surface area contributed by atoms with Crippen LogP contribution in [-0.4, -0.2) is 26.7 Å². The topological polar surface area (TPSA) is 71.3 Å². The van der Waals surface area contributed by atoms with Gasteiger partial charge in [0.25, 0.3) is 11.5 Å². The molecule has 1 amide bonds. The van der Waals surface area contributed by atoms with E-state index in [-0.39, 0.29) is 22.6 Å². The number of hydrogen-bond acceptors (Lipinski definition) is 3. The average Bonchev–Trinajstić information content (AvgIpc) is 2.66. The maximum atomic E-state index is 13.3. The van der Waals surface area contributed by atoms with Gasteiger partial charge >= 0.3 is 0 Å². The molecule has 2 atom stereocenters. The maximum Gasteiger partial charge on any atom is 0.263 e. The maximum absolute atomic E-state index is 13.3. The molecule has 0 aliphatic heterocycles. The van der Waals surface area contributed by atoms with E-state index < -0.39 is 5.60 Å². The average molecular weight is 407 g/mol. The van der Waals surface area contributed by atoms with Crippen molar-refractivity contribution in [3.05, 3.63) is 69.6 Å². The van der Waals surface area contributed by atoms with Gasteiger partial charge in [-0.3, -0.25) is 9.59 Å². The van der Waals surface area contributed by atoms with E-state index in [0.29, 0.717) is 30.4 Å². The Labute approximate surface area is 177 Å². The Morgan fingerprint density at radius 3 is 2.50 bits per heavy atom. The molecule has 1 heterocycles. The monoisotopic (exact) mass is 406 g/mol. The normalized spacial score (nSPS) is 31.7. The fourth-order valence-corrected chi connectivity index (χ4v) is 6.68. The van der Waals surface area contributed by atoms with E-state index >= 15 is 0 Å². The Balaban J connectivity index is 1.37. The Morgan fingerprint density at radius 1 is 1.13 bits per heavy atom. The number of nitrogens with one attached hydrogen (secondary N) is 1. The first-order valence-corrected chi connectivity index (χ1v) is 11.1. The predicted molar refractivity (Wildman–Crippen MR) is 115 cm³/mol. The van der Waals surface area contributed by atoms with Crippen LogP contribution in [0.1, 0.15) is 60.0 Å². The van der Waals surface area contributed by atoms with E-state index in [1.165, 1.54) is 0 Å². The summed E-state index contributed by atoms with van der Waals surface area (Å²) < 4.78 is 1.64. The van der Waals surface area contributed by atoms with Crippen molar-refractivity contribution in [2.45, 2.75) is 69.6 Å². The molecule has 4 aliphatic carbocycles. The summed E-state index contributed by atoms with van der Waals surface area (Å²) in [7, 11) is 0. The number of nitrogens with zero attached hydrogens (tertiary/aromatic N) is 1. The molecule has 5 nitrogen and oxygen atoms in total. The van der Waals surface area contributed by atoms with Crippen LogP contribution in [-0.2, 0) is 13.0 Å². The second-order valence-corrected chi connectivity index (χ2v) is 10.0. The summed E-state index contributed by atoms with van der Waals surface area (Å²) in [5, 5.41) is 14.2. The third-order valence-corrected chi connectivity index (χ3v) is 7.49. The quantitative estimate of drug-likeness (QED) is 0.801. The Morgan fingerprint density at radius 2 is 1.83 bits per heavy atom. The lowest BCUT2D eigenvalue weighted by Gasteiger charge is -2.60. The molecule has 0 spiro atoms. The van der Waals surface area contributed by atoms with Crippen LogP contribution in [0.25, 0.3) is 0 Å². The Bertz CT molecular complexity index is 1010. The standard InChI is InChI=1S/C25H30N2O3/c1-17-7-9-27(10-8-18-5-3-2-4-6-18)23(29)21(17)22(28)26-24-12-19-11-20(13-24)15-25(30,14-19)16-24/h2-7,9,19-20,30H,8,10-16H2,1H3,(H,26,28). The van der Waals surface area contributed by atoms with Crippen molar-refractivity contribution in [3.8, 4) is 0 Å². The van der Waals surface area contributed by atoms with E-state index in [9.17, 15) is 14.7 Å². The minimum Gasteiger partial charge on any atom is -0.390 e. The highest BCUT2D eigenvalue weighted by Gasteiger charge is 2.57. The molecular formula is C25H30N2O3. The molecule has 158 valence electrons.